The highest BCUT2D eigenvalue weighted by Crippen LogP contribution is 2.39. The van der Waals surface area contributed by atoms with Gasteiger partial charge in [-0.1, -0.05) is 18.2 Å². The van der Waals surface area contributed by atoms with E-state index in [1.807, 2.05) is 48.7 Å². The first kappa shape index (κ1) is 25.8. The average molecular weight is 529 g/mol. The zero-order chi connectivity index (χ0) is 25.5. The smallest absolute Gasteiger partial charge is 0.407 e. The van der Waals surface area contributed by atoms with Crippen LogP contribution in [-0.2, 0) is 9.53 Å². The molecule has 1 saturated heterocycles. The molecule has 1 aliphatic heterocycles. The number of nitrogens with one attached hydrogen (secondary N) is 1. The molecule has 1 unspecified atom stereocenters. The average Bonchev–Trinajstić information content (AvgIpc) is 3.29. The Bertz CT molecular complexity index is 1180. The Hall–Kier alpha value is -3.31. The maximum Gasteiger partial charge on any atom is 0.407 e. The van der Waals surface area contributed by atoms with Gasteiger partial charge in [0, 0.05) is 29.6 Å². The summed E-state index contributed by atoms with van der Waals surface area (Å²) >= 11 is 2.85. The van der Waals surface area contributed by atoms with Crippen molar-refractivity contribution in [3.05, 3.63) is 53.7 Å². The van der Waals surface area contributed by atoms with Crippen LogP contribution in [-0.4, -0.2) is 57.0 Å². The third-order valence-corrected chi connectivity index (χ3v) is 7.87. The predicted molar refractivity (Wildman–Crippen MR) is 139 cm³/mol. The fraction of sp³-hybridized carbons (Fsp3) is 0.360. The van der Waals surface area contributed by atoms with Gasteiger partial charge in [0.05, 0.1) is 12.3 Å². The lowest BCUT2D eigenvalue weighted by Gasteiger charge is -2.33. The highest BCUT2D eigenvalue weighted by Gasteiger charge is 2.34. The molecule has 0 saturated carbocycles. The van der Waals surface area contributed by atoms with Crippen LogP contribution in [0.3, 0.4) is 0 Å². The van der Waals surface area contributed by atoms with Crippen LogP contribution in [0, 0.1) is 12.8 Å². The number of benzene rings is 1. The Morgan fingerprint density at radius 3 is 2.67 bits per heavy atom. The van der Waals surface area contributed by atoms with E-state index in [-0.39, 0.29) is 18.5 Å². The van der Waals surface area contributed by atoms with Gasteiger partial charge < -0.3 is 24.8 Å². The minimum absolute atomic E-state index is 0.0146. The van der Waals surface area contributed by atoms with Gasteiger partial charge in [-0.25, -0.2) is 14.8 Å². The minimum atomic E-state index is -0.931. The van der Waals surface area contributed by atoms with Gasteiger partial charge in [-0.3, -0.25) is 4.79 Å². The first-order valence-electron chi connectivity index (χ1n) is 11.7. The van der Waals surface area contributed by atoms with Gasteiger partial charge in [0.2, 0.25) is 0 Å². The molecule has 1 amide bonds. The van der Waals surface area contributed by atoms with Crippen molar-refractivity contribution in [1.29, 1.82) is 0 Å². The first-order valence-corrected chi connectivity index (χ1v) is 13.4. The molecule has 0 bridgehead atoms. The van der Waals surface area contributed by atoms with Crippen LogP contribution in [0.5, 0.6) is 11.5 Å². The lowest BCUT2D eigenvalue weighted by atomic mass is 9.93. The van der Waals surface area contributed by atoms with E-state index < -0.39 is 11.3 Å². The zero-order valence-corrected chi connectivity index (χ0v) is 21.7. The first-order chi connectivity index (χ1) is 17.4. The Morgan fingerprint density at radius 1 is 1.28 bits per heavy atom. The standard InChI is InChI=1S/C25H28N4O5S2/c1-3-33-23(30)21(17-9-11-29(12-10-17)25(31)32)36-19-13-20(34-18-7-5-4-6-8-18)22(26-14-19)28-24-27-16(2)15-35-24/h4-8,13-15,17,21H,3,9-12H2,1-2H3,(H,31,32)(H,26,27,28). The van der Waals surface area contributed by atoms with E-state index in [9.17, 15) is 14.7 Å². The van der Waals surface area contributed by atoms with E-state index in [4.69, 9.17) is 9.47 Å². The summed E-state index contributed by atoms with van der Waals surface area (Å²) in [4.78, 5) is 35.4. The number of hydrogen-bond donors (Lipinski definition) is 2. The summed E-state index contributed by atoms with van der Waals surface area (Å²) < 4.78 is 11.5. The highest BCUT2D eigenvalue weighted by atomic mass is 32.2. The number of rotatable bonds is 9. The van der Waals surface area contributed by atoms with Gasteiger partial charge in [-0.05, 0) is 50.8 Å². The molecular formula is C25H28N4O5S2. The third-order valence-electron chi connectivity index (χ3n) is 5.66. The molecule has 11 heteroatoms. The van der Waals surface area contributed by atoms with Crippen LogP contribution >= 0.6 is 23.1 Å². The molecule has 2 N–H and O–H groups in total. The van der Waals surface area contributed by atoms with Crippen molar-refractivity contribution in [2.24, 2.45) is 5.92 Å². The second kappa shape index (κ2) is 12.1. The summed E-state index contributed by atoms with van der Waals surface area (Å²) in [6.07, 6.45) is 1.95. The maximum absolute atomic E-state index is 12.9. The van der Waals surface area contributed by atoms with Crippen LogP contribution in [0.4, 0.5) is 15.7 Å². The molecule has 3 heterocycles. The second-order valence-corrected chi connectivity index (χ2v) is 10.3. The van der Waals surface area contributed by atoms with Crippen LogP contribution in [0.15, 0.2) is 52.9 Å². The molecule has 9 nitrogen and oxygen atoms in total. The number of piperidine rings is 1. The van der Waals surface area contributed by atoms with E-state index >= 15 is 0 Å². The van der Waals surface area contributed by atoms with Gasteiger partial charge >= 0.3 is 12.1 Å². The molecular weight excluding hydrogens is 500 g/mol. The summed E-state index contributed by atoms with van der Waals surface area (Å²) in [6.45, 7) is 4.77. The van der Waals surface area contributed by atoms with Crippen molar-refractivity contribution >= 4 is 46.1 Å². The number of esters is 1. The number of carbonyl (C=O) groups excluding carboxylic acids is 1. The van der Waals surface area contributed by atoms with E-state index in [0.717, 1.165) is 10.6 Å². The number of aromatic nitrogens is 2. The summed E-state index contributed by atoms with van der Waals surface area (Å²) in [7, 11) is 0. The minimum Gasteiger partial charge on any atom is -0.465 e. The number of amides is 1. The van der Waals surface area contributed by atoms with Gasteiger partial charge in [0.15, 0.2) is 16.7 Å². The van der Waals surface area contributed by atoms with E-state index in [1.54, 1.807) is 13.1 Å². The monoisotopic (exact) mass is 528 g/mol. The lowest BCUT2D eigenvalue weighted by Crippen LogP contribution is -2.42. The lowest BCUT2D eigenvalue weighted by molar-refractivity contribution is -0.143. The molecule has 1 aliphatic rings. The van der Waals surface area contributed by atoms with Crippen molar-refractivity contribution < 1.29 is 24.2 Å². The number of pyridine rings is 1. The summed E-state index contributed by atoms with van der Waals surface area (Å²) in [5.41, 5.74) is 0.909. The molecule has 4 rings (SSSR count). The normalized spacial score (nSPS) is 14.8. The molecule has 2 aromatic heterocycles. The Kier molecular flexibility index (Phi) is 8.65. The molecule has 0 radical (unpaired) electrons. The Morgan fingerprint density at radius 2 is 2.03 bits per heavy atom. The quantitative estimate of drug-likeness (QED) is 0.263. The molecule has 0 aliphatic carbocycles. The summed E-state index contributed by atoms with van der Waals surface area (Å²) in [6, 6.07) is 11.3. The summed E-state index contributed by atoms with van der Waals surface area (Å²) in [5, 5.41) is 14.7. The number of hydrogen-bond acceptors (Lipinski definition) is 9. The number of likely N-dealkylation sites (tertiary alicyclic amines) is 1. The number of thioether (sulfide) groups is 1. The summed E-state index contributed by atoms with van der Waals surface area (Å²) in [5.74, 6) is 1.35. The fourth-order valence-electron chi connectivity index (χ4n) is 3.89. The fourth-order valence-corrected chi connectivity index (χ4v) is 5.79. The molecule has 0 spiro atoms. The number of nitrogens with zero attached hydrogens (tertiary/aromatic N) is 3. The second-order valence-electron chi connectivity index (χ2n) is 8.25. The van der Waals surface area contributed by atoms with Crippen LogP contribution < -0.4 is 10.1 Å². The van der Waals surface area contributed by atoms with E-state index in [0.29, 0.717) is 48.4 Å². The van der Waals surface area contributed by atoms with Crippen LogP contribution in [0.25, 0.3) is 0 Å². The topological polar surface area (TPSA) is 114 Å². The van der Waals surface area contributed by atoms with Gasteiger partial charge in [-0.2, -0.15) is 0 Å². The number of carboxylic acid groups (broad SMARTS) is 1. The molecule has 3 aromatic rings. The molecule has 190 valence electrons. The predicted octanol–water partition coefficient (Wildman–Crippen LogP) is 5.80. The van der Waals surface area contributed by atoms with Crippen molar-refractivity contribution in [2.75, 3.05) is 25.0 Å². The molecule has 1 atom stereocenters. The number of carbonyl (C=O) groups is 2. The SMILES string of the molecule is CCOC(=O)C(Sc1cnc(Nc2nc(C)cs2)c(Oc2ccccc2)c1)C1CCN(C(=O)O)CC1. The highest BCUT2D eigenvalue weighted by molar-refractivity contribution is 8.00. The number of anilines is 2. The van der Waals surface area contributed by atoms with E-state index in [2.05, 4.69) is 15.3 Å². The Balaban J connectivity index is 1.58. The largest absolute Gasteiger partial charge is 0.465 e. The van der Waals surface area contributed by atoms with Gasteiger partial charge in [-0.15, -0.1) is 23.1 Å². The van der Waals surface area contributed by atoms with Crippen molar-refractivity contribution in [3.8, 4) is 11.5 Å². The molecule has 1 aromatic carbocycles. The molecule has 36 heavy (non-hydrogen) atoms. The van der Waals surface area contributed by atoms with E-state index in [1.165, 1.54) is 28.0 Å². The number of ether oxygens (including phenoxy) is 2. The Labute approximate surface area is 217 Å². The number of thiazole rings is 1. The van der Waals surface area contributed by atoms with Crippen molar-refractivity contribution in [1.82, 2.24) is 14.9 Å². The van der Waals surface area contributed by atoms with Crippen molar-refractivity contribution in [3.63, 3.8) is 0 Å². The van der Waals surface area contributed by atoms with Crippen LogP contribution in [0.2, 0.25) is 0 Å². The van der Waals surface area contributed by atoms with Crippen LogP contribution in [0.1, 0.15) is 25.5 Å². The van der Waals surface area contributed by atoms with Crippen molar-refractivity contribution in [2.45, 2.75) is 36.8 Å². The van der Waals surface area contributed by atoms with Gasteiger partial charge in [0.25, 0.3) is 0 Å². The molecule has 1 fully saturated rings. The zero-order valence-electron chi connectivity index (χ0n) is 20.0. The van der Waals surface area contributed by atoms with Gasteiger partial charge in [0.1, 0.15) is 11.0 Å². The number of para-hydroxylation sites is 1. The third kappa shape index (κ3) is 6.67. The maximum atomic E-state index is 12.9. The number of aryl methyl sites for hydroxylation is 1.